The topological polar surface area (TPSA) is 29.3 Å². The third-order valence-corrected chi connectivity index (χ3v) is 4.94. The molecule has 3 rings (SSSR count). The fourth-order valence-electron chi connectivity index (χ4n) is 3.81. The van der Waals surface area contributed by atoms with Crippen LogP contribution in [0.25, 0.3) is 0 Å². The Bertz CT molecular complexity index is 472. The van der Waals surface area contributed by atoms with E-state index >= 15 is 0 Å². The van der Waals surface area contributed by atoms with Crippen LogP contribution < -0.4 is 5.73 Å². The van der Waals surface area contributed by atoms with Gasteiger partial charge in [0.25, 0.3) is 0 Å². The SMILES string of the molecule is NC(=S)c1cccc(CN2CCCC3CCCC32)c1. The van der Waals surface area contributed by atoms with Gasteiger partial charge in [-0.2, -0.15) is 0 Å². The van der Waals surface area contributed by atoms with Gasteiger partial charge in [0.2, 0.25) is 0 Å². The van der Waals surface area contributed by atoms with Crippen molar-refractivity contribution in [3.05, 3.63) is 35.4 Å². The fraction of sp³-hybridized carbons (Fsp3) is 0.562. The highest BCUT2D eigenvalue weighted by atomic mass is 32.1. The molecule has 2 aliphatic rings. The minimum atomic E-state index is 0.499. The van der Waals surface area contributed by atoms with E-state index < -0.39 is 0 Å². The average Bonchev–Trinajstić information content (AvgIpc) is 2.88. The van der Waals surface area contributed by atoms with Gasteiger partial charge in [0.15, 0.2) is 0 Å². The van der Waals surface area contributed by atoms with Gasteiger partial charge in [0.05, 0.1) is 0 Å². The second-order valence-electron chi connectivity index (χ2n) is 5.94. The van der Waals surface area contributed by atoms with Crippen LogP contribution in [-0.2, 0) is 6.54 Å². The lowest BCUT2D eigenvalue weighted by atomic mass is 9.91. The first-order valence-electron chi connectivity index (χ1n) is 7.37. The van der Waals surface area contributed by atoms with E-state index in [1.807, 2.05) is 6.07 Å². The number of piperidine rings is 1. The zero-order valence-corrected chi connectivity index (χ0v) is 12.2. The fourth-order valence-corrected chi connectivity index (χ4v) is 3.94. The molecule has 1 saturated carbocycles. The molecule has 2 unspecified atom stereocenters. The zero-order chi connectivity index (χ0) is 13.2. The summed E-state index contributed by atoms with van der Waals surface area (Å²) in [6.45, 7) is 2.30. The summed E-state index contributed by atoms with van der Waals surface area (Å²) in [5, 5.41) is 0. The van der Waals surface area contributed by atoms with Gasteiger partial charge in [0.1, 0.15) is 4.99 Å². The van der Waals surface area contributed by atoms with Gasteiger partial charge < -0.3 is 5.73 Å². The third kappa shape index (κ3) is 2.82. The number of fused-ring (bicyclic) bond motifs is 1. The molecule has 1 aliphatic carbocycles. The predicted molar refractivity (Wildman–Crippen MR) is 83.1 cm³/mol. The Morgan fingerprint density at radius 3 is 2.95 bits per heavy atom. The molecular formula is C16H22N2S. The summed E-state index contributed by atoms with van der Waals surface area (Å²) in [6.07, 6.45) is 7.04. The number of nitrogens with two attached hydrogens (primary N) is 1. The van der Waals surface area contributed by atoms with Gasteiger partial charge in [-0.15, -0.1) is 0 Å². The number of benzene rings is 1. The molecule has 0 bridgehead atoms. The van der Waals surface area contributed by atoms with Crippen LogP contribution in [0, 0.1) is 5.92 Å². The van der Waals surface area contributed by atoms with E-state index in [1.54, 1.807) is 0 Å². The Balaban J connectivity index is 1.73. The first-order chi connectivity index (χ1) is 9.24. The highest BCUT2D eigenvalue weighted by molar-refractivity contribution is 7.80. The number of likely N-dealkylation sites (tertiary alicyclic amines) is 1. The minimum Gasteiger partial charge on any atom is -0.389 e. The zero-order valence-electron chi connectivity index (χ0n) is 11.3. The van der Waals surface area contributed by atoms with E-state index in [9.17, 15) is 0 Å². The summed E-state index contributed by atoms with van der Waals surface area (Å²) >= 11 is 5.06. The van der Waals surface area contributed by atoms with Crippen molar-refractivity contribution in [3.63, 3.8) is 0 Å². The van der Waals surface area contributed by atoms with Crippen LogP contribution in [0.2, 0.25) is 0 Å². The summed E-state index contributed by atoms with van der Waals surface area (Å²) in [7, 11) is 0. The van der Waals surface area contributed by atoms with Gasteiger partial charge >= 0.3 is 0 Å². The van der Waals surface area contributed by atoms with Crippen molar-refractivity contribution in [2.75, 3.05) is 6.54 Å². The number of rotatable bonds is 3. The molecular weight excluding hydrogens is 252 g/mol. The van der Waals surface area contributed by atoms with E-state index in [2.05, 4.69) is 23.1 Å². The molecule has 2 fully saturated rings. The van der Waals surface area contributed by atoms with Crippen LogP contribution in [0.3, 0.4) is 0 Å². The summed E-state index contributed by atoms with van der Waals surface area (Å²) in [5.41, 5.74) is 8.06. The summed E-state index contributed by atoms with van der Waals surface area (Å²) in [4.78, 5) is 3.18. The monoisotopic (exact) mass is 274 g/mol. The molecule has 0 aromatic heterocycles. The number of thiocarbonyl (C=S) groups is 1. The van der Waals surface area contributed by atoms with Gasteiger partial charge in [-0.1, -0.05) is 36.8 Å². The molecule has 19 heavy (non-hydrogen) atoms. The van der Waals surface area contributed by atoms with Crippen LogP contribution >= 0.6 is 12.2 Å². The van der Waals surface area contributed by atoms with Crippen molar-refractivity contribution < 1.29 is 0 Å². The molecule has 1 saturated heterocycles. The smallest absolute Gasteiger partial charge is 0.103 e. The Labute approximate surface area is 121 Å². The van der Waals surface area contributed by atoms with Crippen molar-refractivity contribution in [1.82, 2.24) is 4.90 Å². The number of hydrogen-bond donors (Lipinski definition) is 1. The largest absolute Gasteiger partial charge is 0.389 e. The van der Waals surface area contributed by atoms with Crippen LogP contribution in [-0.4, -0.2) is 22.5 Å². The first kappa shape index (κ1) is 13.1. The van der Waals surface area contributed by atoms with Crippen LogP contribution in [0.1, 0.15) is 43.2 Å². The van der Waals surface area contributed by atoms with E-state index in [4.69, 9.17) is 18.0 Å². The van der Waals surface area contributed by atoms with Crippen molar-refractivity contribution >= 4 is 17.2 Å². The molecule has 0 radical (unpaired) electrons. The molecule has 1 aromatic carbocycles. The van der Waals surface area contributed by atoms with Crippen LogP contribution in [0.5, 0.6) is 0 Å². The van der Waals surface area contributed by atoms with Gasteiger partial charge in [-0.05, 0) is 49.8 Å². The molecule has 0 amide bonds. The first-order valence-corrected chi connectivity index (χ1v) is 7.77. The molecule has 3 heteroatoms. The third-order valence-electron chi connectivity index (χ3n) is 4.71. The lowest BCUT2D eigenvalue weighted by Crippen LogP contribution is -2.41. The molecule has 1 heterocycles. The van der Waals surface area contributed by atoms with Crippen molar-refractivity contribution in [1.29, 1.82) is 0 Å². The molecule has 2 nitrogen and oxygen atoms in total. The maximum Gasteiger partial charge on any atom is 0.103 e. The van der Waals surface area contributed by atoms with Crippen molar-refractivity contribution in [3.8, 4) is 0 Å². The predicted octanol–water partition coefficient (Wildman–Crippen LogP) is 3.09. The van der Waals surface area contributed by atoms with Crippen LogP contribution in [0.4, 0.5) is 0 Å². The lowest BCUT2D eigenvalue weighted by Gasteiger charge is -2.37. The molecule has 2 atom stereocenters. The quantitative estimate of drug-likeness (QED) is 0.859. The molecule has 1 aromatic rings. The average molecular weight is 274 g/mol. The maximum atomic E-state index is 5.72. The standard InChI is InChI=1S/C16H22N2S/c17-16(19)14-6-1-4-12(10-14)11-18-9-3-7-13-5-2-8-15(13)18/h1,4,6,10,13,15H,2-3,5,7-9,11H2,(H2,17,19). The summed E-state index contributed by atoms with van der Waals surface area (Å²) in [6, 6.07) is 9.24. The molecule has 2 N–H and O–H groups in total. The highest BCUT2D eigenvalue weighted by Crippen LogP contribution is 2.37. The summed E-state index contributed by atoms with van der Waals surface area (Å²) < 4.78 is 0. The van der Waals surface area contributed by atoms with E-state index in [-0.39, 0.29) is 0 Å². The van der Waals surface area contributed by atoms with Crippen molar-refractivity contribution in [2.45, 2.75) is 44.7 Å². The molecule has 102 valence electrons. The van der Waals surface area contributed by atoms with Gasteiger partial charge in [-0.25, -0.2) is 0 Å². The Hall–Kier alpha value is -0.930. The van der Waals surface area contributed by atoms with Gasteiger partial charge in [-0.3, -0.25) is 4.90 Å². The number of nitrogens with zero attached hydrogens (tertiary/aromatic N) is 1. The van der Waals surface area contributed by atoms with Gasteiger partial charge in [0, 0.05) is 18.2 Å². The highest BCUT2D eigenvalue weighted by Gasteiger charge is 2.34. The Morgan fingerprint density at radius 1 is 1.26 bits per heavy atom. The number of hydrogen-bond acceptors (Lipinski definition) is 2. The Kier molecular flexibility index (Phi) is 3.85. The minimum absolute atomic E-state index is 0.499. The Morgan fingerprint density at radius 2 is 2.11 bits per heavy atom. The molecule has 1 aliphatic heterocycles. The van der Waals surface area contributed by atoms with E-state index in [1.165, 1.54) is 44.2 Å². The normalized spacial score (nSPS) is 27.2. The maximum absolute atomic E-state index is 5.72. The molecule has 0 spiro atoms. The second-order valence-corrected chi connectivity index (χ2v) is 6.38. The van der Waals surface area contributed by atoms with Crippen LogP contribution in [0.15, 0.2) is 24.3 Å². The lowest BCUT2D eigenvalue weighted by molar-refractivity contribution is 0.106. The second kappa shape index (κ2) is 5.59. The van der Waals surface area contributed by atoms with Crippen molar-refractivity contribution in [2.24, 2.45) is 11.7 Å². The summed E-state index contributed by atoms with van der Waals surface area (Å²) in [5.74, 6) is 0.951. The van der Waals surface area contributed by atoms with E-state index in [0.717, 1.165) is 24.1 Å². The van der Waals surface area contributed by atoms with E-state index in [0.29, 0.717) is 4.99 Å².